The van der Waals surface area contributed by atoms with Crippen molar-refractivity contribution in [2.45, 2.75) is 53.2 Å². The quantitative estimate of drug-likeness (QED) is 0.215. The minimum Gasteiger partial charge on any atom is -0.491 e. The van der Waals surface area contributed by atoms with E-state index in [1.54, 1.807) is 7.11 Å². The lowest BCUT2D eigenvalue weighted by Gasteiger charge is -2.40. The molecule has 1 aromatic carbocycles. The standard InChI is InChI=1S/C23H39N3O3.HI/c1-6-24-22(26-17-19-8-7-13-29-21(19)23(2,3)4)25-16-18-9-11-20(12-10-18)28-15-14-27-5;/h9-12,19,21H,6-8,13-17H2,1-5H3,(H2,24,25,26);1H. The van der Waals surface area contributed by atoms with Gasteiger partial charge in [0.1, 0.15) is 12.4 Å². The molecule has 1 aliphatic rings. The normalized spacial score (nSPS) is 19.7. The van der Waals surface area contributed by atoms with Gasteiger partial charge >= 0.3 is 0 Å². The van der Waals surface area contributed by atoms with Crippen molar-refractivity contribution in [3.8, 4) is 5.75 Å². The van der Waals surface area contributed by atoms with Crippen molar-refractivity contribution in [2.75, 3.05) is 40.0 Å². The number of nitrogens with zero attached hydrogens (tertiary/aromatic N) is 1. The summed E-state index contributed by atoms with van der Waals surface area (Å²) in [6.07, 6.45) is 2.60. The van der Waals surface area contributed by atoms with E-state index in [9.17, 15) is 0 Å². The molecule has 1 heterocycles. The third kappa shape index (κ3) is 9.39. The Balaban J connectivity index is 0.00000450. The molecule has 0 aromatic heterocycles. The van der Waals surface area contributed by atoms with E-state index in [0.29, 0.717) is 25.7 Å². The summed E-state index contributed by atoms with van der Waals surface area (Å²) in [7, 11) is 1.67. The lowest BCUT2D eigenvalue weighted by atomic mass is 9.78. The average molecular weight is 533 g/mol. The maximum absolute atomic E-state index is 6.10. The molecule has 0 aliphatic carbocycles. The molecule has 7 heteroatoms. The minimum atomic E-state index is 0. The largest absolute Gasteiger partial charge is 0.491 e. The molecule has 0 spiro atoms. The summed E-state index contributed by atoms with van der Waals surface area (Å²) in [5.74, 6) is 2.20. The van der Waals surface area contributed by atoms with Gasteiger partial charge in [0.25, 0.3) is 0 Å². The molecule has 0 radical (unpaired) electrons. The van der Waals surface area contributed by atoms with Crippen LogP contribution in [-0.2, 0) is 16.0 Å². The SMILES string of the molecule is CCNC(=NCc1ccc(OCCOC)cc1)NCC1CCCOC1C(C)(C)C.I. The molecular formula is C23H40IN3O3. The number of benzene rings is 1. The fraction of sp³-hybridized carbons (Fsp3) is 0.696. The zero-order valence-electron chi connectivity index (χ0n) is 19.2. The molecular weight excluding hydrogens is 493 g/mol. The summed E-state index contributed by atoms with van der Waals surface area (Å²) in [4.78, 5) is 4.75. The topological polar surface area (TPSA) is 64.1 Å². The summed E-state index contributed by atoms with van der Waals surface area (Å²) in [5, 5.41) is 6.88. The number of nitrogens with one attached hydrogen (secondary N) is 2. The smallest absolute Gasteiger partial charge is 0.191 e. The Morgan fingerprint density at radius 3 is 2.53 bits per heavy atom. The average Bonchev–Trinajstić information content (AvgIpc) is 2.71. The van der Waals surface area contributed by atoms with Crippen LogP contribution < -0.4 is 15.4 Å². The molecule has 2 rings (SSSR count). The number of guanidine groups is 1. The van der Waals surface area contributed by atoms with Crippen molar-refractivity contribution in [1.29, 1.82) is 0 Å². The summed E-state index contributed by atoms with van der Waals surface area (Å²) >= 11 is 0. The lowest BCUT2D eigenvalue weighted by molar-refractivity contribution is -0.0835. The molecule has 2 atom stereocenters. The highest BCUT2D eigenvalue weighted by atomic mass is 127. The predicted octanol–water partition coefficient (Wildman–Crippen LogP) is 4.23. The minimum absolute atomic E-state index is 0. The number of hydrogen-bond donors (Lipinski definition) is 2. The first kappa shape index (κ1) is 27.0. The van der Waals surface area contributed by atoms with Crippen LogP contribution in [0.3, 0.4) is 0 Å². The molecule has 1 fully saturated rings. The Hall–Kier alpha value is -1.06. The summed E-state index contributed by atoms with van der Waals surface area (Å²) < 4.78 is 16.7. The molecule has 172 valence electrons. The monoisotopic (exact) mass is 533 g/mol. The van der Waals surface area contributed by atoms with Gasteiger partial charge in [-0.25, -0.2) is 4.99 Å². The second kappa shape index (κ2) is 14.1. The molecule has 0 saturated carbocycles. The molecule has 0 amide bonds. The van der Waals surface area contributed by atoms with Crippen molar-refractivity contribution in [3.63, 3.8) is 0 Å². The maximum Gasteiger partial charge on any atom is 0.191 e. The zero-order chi connectivity index (χ0) is 21.1. The Bertz CT molecular complexity index is 617. The highest BCUT2D eigenvalue weighted by molar-refractivity contribution is 14.0. The molecule has 1 aromatic rings. The van der Waals surface area contributed by atoms with E-state index in [4.69, 9.17) is 19.2 Å². The van der Waals surface area contributed by atoms with Crippen molar-refractivity contribution < 1.29 is 14.2 Å². The van der Waals surface area contributed by atoms with Crippen LogP contribution in [0.15, 0.2) is 29.3 Å². The van der Waals surface area contributed by atoms with Crippen molar-refractivity contribution in [1.82, 2.24) is 10.6 Å². The first-order chi connectivity index (χ1) is 13.9. The summed E-state index contributed by atoms with van der Waals surface area (Å²) in [6.45, 7) is 13.2. The predicted molar refractivity (Wildman–Crippen MR) is 134 cm³/mol. The number of aliphatic imine (C=N–C) groups is 1. The van der Waals surface area contributed by atoms with E-state index in [0.717, 1.165) is 43.4 Å². The molecule has 1 aliphatic heterocycles. The number of ether oxygens (including phenoxy) is 3. The van der Waals surface area contributed by atoms with Gasteiger partial charge in [0.15, 0.2) is 5.96 Å². The van der Waals surface area contributed by atoms with Gasteiger partial charge in [-0.05, 0) is 42.9 Å². The van der Waals surface area contributed by atoms with Gasteiger partial charge in [0.2, 0.25) is 0 Å². The Labute approximate surface area is 199 Å². The van der Waals surface area contributed by atoms with E-state index in [2.05, 4.69) is 50.5 Å². The molecule has 30 heavy (non-hydrogen) atoms. The molecule has 2 N–H and O–H groups in total. The molecule has 6 nitrogen and oxygen atoms in total. The highest BCUT2D eigenvalue weighted by Crippen LogP contribution is 2.33. The molecule has 0 bridgehead atoms. The number of rotatable bonds is 9. The van der Waals surface area contributed by atoms with Crippen molar-refractivity contribution >= 4 is 29.9 Å². The second-order valence-electron chi connectivity index (χ2n) is 8.62. The number of hydrogen-bond acceptors (Lipinski definition) is 4. The van der Waals surface area contributed by atoms with Crippen LogP contribution >= 0.6 is 24.0 Å². The van der Waals surface area contributed by atoms with E-state index in [1.807, 2.05) is 12.1 Å². The Morgan fingerprint density at radius 2 is 1.90 bits per heavy atom. The fourth-order valence-electron chi connectivity index (χ4n) is 3.68. The molecule has 2 unspecified atom stereocenters. The van der Waals surface area contributed by atoms with Gasteiger partial charge in [0, 0.05) is 32.7 Å². The fourth-order valence-corrected chi connectivity index (χ4v) is 3.68. The first-order valence-corrected chi connectivity index (χ1v) is 10.8. The van der Waals surface area contributed by atoms with Crippen LogP contribution in [0, 0.1) is 11.3 Å². The van der Waals surface area contributed by atoms with Crippen LogP contribution in [0.1, 0.15) is 46.1 Å². The van der Waals surface area contributed by atoms with Crippen molar-refractivity contribution in [3.05, 3.63) is 29.8 Å². The Morgan fingerprint density at radius 1 is 1.17 bits per heavy atom. The van der Waals surface area contributed by atoms with Crippen molar-refractivity contribution in [2.24, 2.45) is 16.3 Å². The van der Waals surface area contributed by atoms with Gasteiger partial charge in [-0.2, -0.15) is 0 Å². The number of halogens is 1. The van der Waals surface area contributed by atoms with Crippen LogP contribution in [0.4, 0.5) is 0 Å². The zero-order valence-corrected chi connectivity index (χ0v) is 21.5. The van der Waals surface area contributed by atoms with Gasteiger partial charge in [-0.3, -0.25) is 0 Å². The number of methoxy groups -OCH3 is 1. The van der Waals surface area contributed by atoms with E-state index < -0.39 is 0 Å². The lowest BCUT2D eigenvalue weighted by Crippen LogP contribution is -2.47. The highest BCUT2D eigenvalue weighted by Gasteiger charge is 2.35. The van der Waals surface area contributed by atoms with Gasteiger partial charge in [-0.1, -0.05) is 32.9 Å². The van der Waals surface area contributed by atoms with Crippen LogP contribution in [-0.4, -0.2) is 52.1 Å². The second-order valence-corrected chi connectivity index (χ2v) is 8.62. The summed E-state index contributed by atoms with van der Waals surface area (Å²) in [5.41, 5.74) is 1.30. The summed E-state index contributed by atoms with van der Waals surface area (Å²) in [6, 6.07) is 8.07. The van der Waals surface area contributed by atoms with Crippen LogP contribution in [0.2, 0.25) is 0 Å². The van der Waals surface area contributed by atoms with Crippen LogP contribution in [0.5, 0.6) is 5.75 Å². The molecule has 1 saturated heterocycles. The van der Waals surface area contributed by atoms with E-state index >= 15 is 0 Å². The van der Waals surface area contributed by atoms with Crippen LogP contribution in [0.25, 0.3) is 0 Å². The van der Waals surface area contributed by atoms with Gasteiger partial charge in [0.05, 0.1) is 19.3 Å². The third-order valence-corrected chi connectivity index (χ3v) is 5.07. The third-order valence-electron chi connectivity index (χ3n) is 5.07. The van der Waals surface area contributed by atoms with Gasteiger partial charge in [-0.15, -0.1) is 24.0 Å². The Kier molecular flexibility index (Phi) is 12.7. The van der Waals surface area contributed by atoms with E-state index in [1.165, 1.54) is 6.42 Å². The maximum atomic E-state index is 6.10. The van der Waals surface area contributed by atoms with E-state index in [-0.39, 0.29) is 35.5 Å². The van der Waals surface area contributed by atoms with Gasteiger partial charge < -0.3 is 24.8 Å². The first-order valence-electron chi connectivity index (χ1n) is 10.8.